The van der Waals surface area contributed by atoms with Gasteiger partial charge in [-0.15, -0.1) is 0 Å². The van der Waals surface area contributed by atoms with Gasteiger partial charge in [-0.25, -0.2) is 8.42 Å². The molecule has 0 radical (unpaired) electrons. The van der Waals surface area contributed by atoms with Crippen molar-refractivity contribution < 1.29 is 18.3 Å². The molecule has 2 aromatic carbocycles. The van der Waals surface area contributed by atoms with Gasteiger partial charge in [-0.2, -0.15) is 4.31 Å². The van der Waals surface area contributed by atoms with E-state index in [1.807, 2.05) is 0 Å². The Balaban J connectivity index is 1.91. The van der Waals surface area contributed by atoms with Crippen LogP contribution in [0.5, 0.6) is 5.75 Å². The smallest absolute Gasteiger partial charge is 0.256 e. The van der Waals surface area contributed by atoms with Crippen molar-refractivity contribution in [3.8, 4) is 5.75 Å². The Morgan fingerprint density at radius 2 is 1.80 bits per heavy atom. The summed E-state index contributed by atoms with van der Waals surface area (Å²) in [4.78, 5) is 12.6. The zero-order valence-corrected chi connectivity index (χ0v) is 15.7. The van der Waals surface area contributed by atoms with Crippen molar-refractivity contribution in [3.63, 3.8) is 0 Å². The van der Waals surface area contributed by atoms with Gasteiger partial charge in [0.2, 0.25) is 10.0 Å². The van der Waals surface area contributed by atoms with Crippen molar-refractivity contribution in [3.05, 3.63) is 52.5 Å². The molecule has 0 atom stereocenters. The summed E-state index contributed by atoms with van der Waals surface area (Å²) < 4.78 is 27.2. The van der Waals surface area contributed by atoms with Gasteiger partial charge in [0.1, 0.15) is 5.75 Å². The van der Waals surface area contributed by atoms with E-state index in [1.54, 1.807) is 24.3 Å². The molecule has 2 N–H and O–H groups in total. The molecule has 0 aromatic heterocycles. The molecule has 0 bridgehead atoms. The average molecular weight is 425 g/mol. The molecule has 25 heavy (non-hydrogen) atoms. The van der Waals surface area contributed by atoms with E-state index in [0.29, 0.717) is 17.6 Å². The number of sulfonamides is 1. The molecule has 8 heteroatoms. The van der Waals surface area contributed by atoms with Gasteiger partial charge in [-0.05, 0) is 59.1 Å². The first-order valence-corrected chi connectivity index (χ1v) is 10.0. The van der Waals surface area contributed by atoms with E-state index in [0.717, 1.165) is 12.8 Å². The number of carbonyl (C=O) groups excluding carboxylic acids is 1. The van der Waals surface area contributed by atoms with Crippen molar-refractivity contribution in [2.45, 2.75) is 17.7 Å². The van der Waals surface area contributed by atoms with E-state index in [1.165, 1.54) is 22.5 Å². The van der Waals surface area contributed by atoms with Gasteiger partial charge in [-0.3, -0.25) is 4.79 Å². The highest BCUT2D eigenvalue weighted by Crippen LogP contribution is 2.27. The summed E-state index contributed by atoms with van der Waals surface area (Å²) in [5.74, 6) is -0.570. The van der Waals surface area contributed by atoms with Crippen LogP contribution in [0.1, 0.15) is 23.2 Å². The lowest BCUT2D eigenvalue weighted by Gasteiger charge is -2.16. The maximum absolute atomic E-state index is 12.7. The van der Waals surface area contributed by atoms with E-state index in [-0.39, 0.29) is 21.9 Å². The first-order chi connectivity index (χ1) is 11.9. The highest BCUT2D eigenvalue weighted by Gasteiger charge is 2.28. The topological polar surface area (TPSA) is 86.7 Å². The largest absolute Gasteiger partial charge is 0.506 e. The number of hydrogen-bond acceptors (Lipinski definition) is 4. The lowest BCUT2D eigenvalue weighted by Crippen LogP contribution is -2.28. The molecule has 0 aliphatic carbocycles. The minimum absolute atomic E-state index is 0.0622. The summed E-state index contributed by atoms with van der Waals surface area (Å²) in [5, 5.41) is 12.4. The van der Waals surface area contributed by atoms with Gasteiger partial charge in [0.05, 0.1) is 16.1 Å². The second-order valence-corrected chi connectivity index (χ2v) is 8.52. The number of nitrogens with one attached hydrogen (secondary N) is 1. The third kappa shape index (κ3) is 3.70. The molecule has 1 fully saturated rings. The van der Waals surface area contributed by atoms with Crippen LogP contribution in [0.4, 0.5) is 5.69 Å². The van der Waals surface area contributed by atoms with Crippen molar-refractivity contribution in [2.24, 2.45) is 0 Å². The Hall–Kier alpha value is -1.90. The Bertz CT molecular complexity index is 909. The molecule has 6 nitrogen and oxygen atoms in total. The van der Waals surface area contributed by atoms with E-state index >= 15 is 0 Å². The molecule has 1 heterocycles. The van der Waals surface area contributed by atoms with Gasteiger partial charge < -0.3 is 10.4 Å². The fourth-order valence-electron chi connectivity index (χ4n) is 2.69. The van der Waals surface area contributed by atoms with Crippen LogP contribution in [-0.4, -0.2) is 36.8 Å². The minimum atomic E-state index is -3.61. The van der Waals surface area contributed by atoms with Crippen LogP contribution in [0.25, 0.3) is 0 Å². The number of phenols is 1. The summed E-state index contributed by atoms with van der Waals surface area (Å²) >= 11 is 3.28. The molecule has 0 saturated carbocycles. The van der Waals surface area contributed by atoms with Crippen molar-refractivity contribution >= 4 is 37.5 Å². The molecule has 132 valence electrons. The zero-order chi connectivity index (χ0) is 18.0. The Kier molecular flexibility index (Phi) is 5.12. The quantitative estimate of drug-likeness (QED) is 0.737. The maximum atomic E-state index is 12.7. The zero-order valence-electron chi connectivity index (χ0n) is 13.3. The molecule has 1 amide bonds. The van der Waals surface area contributed by atoms with Crippen molar-refractivity contribution in [2.75, 3.05) is 18.4 Å². The molecule has 3 rings (SSSR count). The predicted octanol–water partition coefficient (Wildman–Crippen LogP) is 3.19. The highest BCUT2D eigenvalue weighted by atomic mass is 79.9. The van der Waals surface area contributed by atoms with E-state index < -0.39 is 15.9 Å². The first-order valence-electron chi connectivity index (χ1n) is 7.78. The Labute approximate surface area is 154 Å². The molecule has 0 unspecified atom stereocenters. The van der Waals surface area contributed by atoms with Gasteiger partial charge in [0, 0.05) is 17.6 Å². The standard InChI is InChI=1S/C17H17BrN2O4S/c18-14-8-7-12(25(23,24)20-9-3-4-10-20)11-13(14)17(22)19-15-5-1-2-6-16(15)21/h1-2,5-8,11,21H,3-4,9-10H2,(H,19,22). The lowest BCUT2D eigenvalue weighted by molar-refractivity contribution is 0.102. The number of anilines is 1. The van der Waals surface area contributed by atoms with Crippen LogP contribution in [-0.2, 0) is 10.0 Å². The molecule has 1 aliphatic rings. The highest BCUT2D eigenvalue weighted by molar-refractivity contribution is 9.10. The van der Waals surface area contributed by atoms with E-state index in [4.69, 9.17) is 0 Å². The SMILES string of the molecule is O=C(Nc1ccccc1O)c1cc(S(=O)(=O)N2CCCC2)ccc1Br. The summed E-state index contributed by atoms with van der Waals surface area (Å²) in [6.45, 7) is 0.996. The molecular formula is C17H17BrN2O4S. The number of phenolic OH excluding ortho intramolecular Hbond substituents is 1. The average Bonchev–Trinajstić information content (AvgIpc) is 3.12. The number of rotatable bonds is 4. The second-order valence-electron chi connectivity index (χ2n) is 5.72. The summed E-state index contributed by atoms with van der Waals surface area (Å²) in [7, 11) is -3.61. The Morgan fingerprint density at radius 3 is 2.48 bits per heavy atom. The maximum Gasteiger partial charge on any atom is 0.256 e. The lowest BCUT2D eigenvalue weighted by atomic mass is 10.2. The summed E-state index contributed by atoms with van der Waals surface area (Å²) in [6.07, 6.45) is 1.69. The fraction of sp³-hybridized carbons (Fsp3) is 0.235. The minimum Gasteiger partial charge on any atom is -0.506 e. The number of benzene rings is 2. The first kappa shape index (κ1) is 17.9. The monoisotopic (exact) mass is 424 g/mol. The van der Waals surface area contributed by atoms with Gasteiger partial charge in [0.15, 0.2) is 0 Å². The van der Waals surface area contributed by atoms with Gasteiger partial charge in [-0.1, -0.05) is 12.1 Å². The molecule has 2 aromatic rings. The van der Waals surface area contributed by atoms with Gasteiger partial charge >= 0.3 is 0 Å². The number of hydrogen-bond donors (Lipinski definition) is 2. The van der Waals surface area contributed by atoms with Crippen LogP contribution in [0.3, 0.4) is 0 Å². The van der Waals surface area contributed by atoms with Crippen LogP contribution >= 0.6 is 15.9 Å². The normalized spacial score (nSPS) is 15.2. The summed E-state index contributed by atoms with van der Waals surface area (Å²) in [6, 6.07) is 10.7. The third-order valence-corrected chi connectivity index (χ3v) is 6.62. The van der Waals surface area contributed by atoms with Crippen LogP contribution < -0.4 is 5.32 Å². The predicted molar refractivity (Wildman–Crippen MR) is 98.2 cm³/mol. The van der Waals surface area contributed by atoms with Crippen molar-refractivity contribution in [1.82, 2.24) is 4.31 Å². The fourth-order valence-corrected chi connectivity index (χ4v) is 4.66. The third-order valence-electron chi connectivity index (χ3n) is 4.04. The molecule has 1 aliphatic heterocycles. The number of halogens is 1. The number of amides is 1. The van der Waals surface area contributed by atoms with Crippen LogP contribution in [0, 0.1) is 0 Å². The van der Waals surface area contributed by atoms with Gasteiger partial charge in [0.25, 0.3) is 5.91 Å². The number of aromatic hydroxyl groups is 1. The Morgan fingerprint density at radius 1 is 1.12 bits per heavy atom. The molecule has 0 spiro atoms. The second kappa shape index (κ2) is 7.15. The van der Waals surface area contributed by atoms with E-state index in [9.17, 15) is 18.3 Å². The van der Waals surface area contributed by atoms with Crippen LogP contribution in [0.15, 0.2) is 51.8 Å². The van der Waals surface area contributed by atoms with Crippen LogP contribution in [0.2, 0.25) is 0 Å². The number of nitrogens with zero attached hydrogens (tertiary/aromatic N) is 1. The van der Waals surface area contributed by atoms with E-state index in [2.05, 4.69) is 21.2 Å². The molecule has 1 saturated heterocycles. The summed E-state index contributed by atoms with van der Waals surface area (Å²) in [5.41, 5.74) is 0.440. The number of para-hydroxylation sites is 2. The number of carbonyl (C=O) groups is 1. The molecular weight excluding hydrogens is 408 g/mol. The van der Waals surface area contributed by atoms with Crippen molar-refractivity contribution in [1.29, 1.82) is 0 Å².